The zero-order chi connectivity index (χ0) is 14.7. The molecule has 0 aromatic carbocycles. The summed E-state index contributed by atoms with van der Waals surface area (Å²) in [5.74, 6) is 2.65. The molecule has 0 spiro atoms. The second-order valence-corrected chi connectivity index (χ2v) is 7.06. The van der Waals surface area contributed by atoms with E-state index in [0.29, 0.717) is 17.8 Å². The van der Waals surface area contributed by atoms with Gasteiger partial charge in [-0.25, -0.2) is 0 Å². The van der Waals surface area contributed by atoms with Crippen LogP contribution < -0.4 is 5.73 Å². The van der Waals surface area contributed by atoms with E-state index in [-0.39, 0.29) is 0 Å². The van der Waals surface area contributed by atoms with Crippen LogP contribution >= 0.6 is 11.3 Å². The van der Waals surface area contributed by atoms with Crippen LogP contribution in [0, 0.1) is 11.8 Å². The van der Waals surface area contributed by atoms with Gasteiger partial charge in [-0.3, -0.25) is 0 Å². The van der Waals surface area contributed by atoms with Gasteiger partial charge in [-0.15, -0.1) is 10.2 Å². The molecule has 6 heteroatoms. The van der Waals surface area contributed by atoms with Crippen molar-refractivity contribution in [3.8, 4) is 0 Å². The van der Waals surface area contributed by atoms with Crippen LogP contribution in [0.15, 0.2) is 0 Å². The molecular formula is C14H25N5S. The standard InChI is InChI=1S/C14H25N5S/c1-9(2)11(7-8-15)5-6-12-18-19-13(10(3)4)16-17-14(19)20-12/h9-11H,5-8,15H2,1-4H3. The van der Waals surface area contributed by atoms with E-state index in [2.05, 4.69) is 43.0 Å². The lowest BCUT2D eigenvalue weighted by atomic mass is 9.88. The first-order chi connectivity index (χ1) is 9.52. The van der Waals surface area contributed by atoms with Gasteiger partial charge >= 0.3 is 0 Å². The Labute approximate surface area is 124 Å². The third-order valence-corrected chi connectivity index (χ3v) is 4.74. The van der Waals surface area contributed by atoms with Crippen molar-refractivity contribution in [1.82, 2.24) is 19.8 Å². The summed E-state index contributed by atoms with van der Waals surface area (Å²) < 4.78 is 1.90. The molecule has 0 saturated heterocycles. The first-order valence-electron chi connectivity index (χ1n) is 7.44. The van der Waals surface area contributed by atoms with Gasteiger partial charge in [0.15, 0.2) is 5.82 Å². The van der Waals surface area contributed by atoms with E-state index < -0.39 is 0 Å². The van der Waals surface area contributed by atoms with Crippen molar-refractivity contribution in [3.05, 3.63) is 10.8 Å². The summed E-state index contributed by atoms with van der Waals surface area (Å²) in [5.41, 5.74) is 5.70. The van der Waals surface area contributed by atoms with E-state index in [4.69, 9.17) is 5.73 Å². The molecule has 0 saturated carbocycles. The third-order valence-electron chi connectivity index (χ3n) is 3.78. The molecule has 0 aliphatic carbocycles. The number of rotatable bonds is 7. The molecule has 2 aromatic heterocycles. The van der Waals surface area contributed by atoms with Crippen molar-refractivity contribution in [3.63, 3.8) is 0 Å². The Morgan fingerprint density at radius 2 is 1.90 bits per heavy atom. The Hall–Kier alpha value is -1.01. The van der Waals surface area contributed by atoms with E-state index >= 15 is 0 Å². The minimum absolute atomic E-state index is 0.348. The number of aromatic nitrogens is 4. The van der Waals surface area contributed by atoms with Gasteiger partial charge in [-0.1, -0.05) is 39.0 Å². The van der Waals surface area contributed by atoms with Gasteiger partial charge < -0.3 is 5.73 Å². The van der Waals surface area contributed by atoms with Gasteiger partial charge in [0.2, 0.25) is 4.96 Å². The van der Waals surface area contributed by atoms with Crippen LogP contribution in [0.1, 0.15) is 57.3 Å². The van der Waals surface area contributed by atoms with Crippen LogP contribution in [-0.4, -0.2) is 26.4 Å². The molecule has 1 unspecified atom stereocenters. The van der Waals surface area contributed by atoms with Gasteiger partial charge in [0.05, 0.1) is 0 Å². The molecule has 2 N–H and O–H groups in total. The average Bonchev–Trinajstić information content (AvgIpc) is 2.92. The predicted molar refractivity (Wildman–Crippen MR) is 83.1 cm³/mol. The number of nitrogens with two attached hydrogens (primary N) is 1. The van der Waals surface area contributed by atoms with Gasteiger partial charge in [0, 0.05) is 12.3 Å². The average molecular weight is 295 g/mol. The quantitative estimate of drug-likeness (QED) is 0.852. The molecule has 0 amide bonds. The fraction of sp³-hybridized carbons (Fsp3) is 0.786. The molecule has 20 heavy (non-hydrogen) atoms. The van der Waals surface area contributed by atoms with Gasteiger partial charge in [0.1, 0.15) is 5.01 Å². The van der Waals surface area contributed by atoms with Gasteiger partial charge in [0.25, 0.3) is 0 Å². The monoisotopic (exact) mass is 295 g/mol. The number of nitrogens with zero attached hydrogens (tertiary/aromatic N) is 4. The van der Waals surface area contributed by atoms with E-state index in [1.165, 1.54) is 0 Å². The van der Waals surface area contributed by atoms with E-state index in [1.807, 2.05) is 4.52 Å². The number of fused-ring (bicyclic) bond motifs is 1. The summed E-state index contributed by atoms with van der Waals surface area (Å²) in [7, 11) is 0. The highest BCUT2D eigenvalue weighted by Crippen LogP contribution is 2.24. The molecule has 0 aliphatic heterocycles. The fourth-order valence-electron chi connectivity index (χ4n) is 2.47. The van der Waals surface area contributed by atoms with Crippen molar-refractivity contribution >= 4 is 16.3 Å². The normalized spacial score (nSPS) is 13.8. The molecule has 5 nitrogen and oxygen atoms in total. The van der Waals surface area contributed by atoms with Crippen molar-refractivity contribution < 1.29 is 0 Å². The highest BCUT2D eigenvalue weighted by Gasteiger charge is 2.17. The summed E-state index contributed by atoms with van der Waals surface area (Å²) in [6.45, 7) is 9.55. The third kappa shape index (κ3) is 3.35. The topological polar surface area (TPSA) is 69.1 Å². The van der Waals surface area contributed by atoms with Gasteiger partial charge in [-0.2, -0.15) is 9.61 Å². The van der Waals surface area contributed by atoms with Crippen LogP contribution in [0.2, 0.25) is 0 Å². The van der Waals surface area contributed by atoms with Crippen LogP contribution in [0.5, 0.6) is 0 Å². The summed E-state index contributed by atoms with van der Waals surface area (Å²) in [6.07, 6.45) is 3.25. The first-order valence-corrected chi connectivity index (χ1v) is 8.25. The Morgan fingerprint density at radius 1 is 1.15 bits per heavy atom. The van der Waals surface area contributed by atoms with Crippen molar-refractivity contribution in [2.45, 2.75) is 52.9 Å². The number of hydrogen-bond donors (Lipinski definition) is 1. The Balaban J connectivity index is 2.06. The summed E-state index contributed by atoms with van der Waals surface area (Å²) in [6, 6.07) is 0. The zero-order valence-electron chi connectivity index (χ0n) is 12.8. The molecular weight excluding hydrogens is 270 g/mol. The van der Waals surface area contributed by atoms with Crippen molar-refractivity contribution in [1.29, 1.82) is 0 Å². The summed E-state index contributed by atoms with van der Waals surface area (Å²) >= 11 is 1.65. The molecule has 0 aliphatic rings. The highest BCUT2D eigenvalue weighted by atomic mass is 32.1. The SMILES string of the molecule is CC(C)c1nnc2sc(CCC(CCN)C(C)C)nn12. The molecule has 112 valence electrons. The van der Waals surface area contributed by atoms with Crippen molar-refractivity contribution in [2.24, 2.45) is 17.6 Å². The Bertz CT molecular complexity index is 543. The van der Waals surface area contributed by atoms with Crippen LogP contribution in [0.25, 0.3) is 4.96 Å². The smallest absolute Gasteiger partial charge is 0.234 e. The van der Waals surface area contributed by atoms with E-state index in [1.54, 1.807) is 11.3 Å². The van der Waals surface area contributed by atoms with Crippen LogP contribution in [-0.2, 0) is 6.42 Å². The molecule has 0 fully saturated rings. The maximum Gasteiger partial charge on any atom is 0.234 e. The summed E-state index contributed by atoms with van der Waals surface area (Å²) in [5, 5.41) is 14.2. The number of aryl methyl sites for hydroxylation is 1. The largest absolute Gasteiger partial charge is 0.330 e. The lowest BCUT2D eigenvalue weighted by Gasteiger charge is -2.19. The lowest BCUT2D eigenvalue weighted by Crippen LogP contribution is -2.15. The summed E-state index contributed by atoms with van der Waals surface area (Å²) in [4.78, 5) is 0.906. The predicted octanol–water partition coefficient (Wildman–Crippen LogP) is 2.86. The Morgan fingerprint density at radius 3 is 2.50 bits per heavy atom. The first kappa shape index (κ1) is 15.4. The molecule has 2 heterocycles. The number of hydrogen-bond acceptors (Lipinski definition) is 5. The minimum atomic E-state index is 0.348. The van der Waals surface area contributed by atoms with Crippen LogP contribution in [0.3, 0.4) is 0 Å². The maximum atomic E-state index is 5.70. The second kappa shape index (κ2) is 6.63. The molecule has 2 rings (SSSR count). The van der Waals surface area contributed by atoms with Gasteiger partial charge in [-0.05, 0) is 31.2 Å². The molecule has 0 bridgehead atoms. The molecule has 1 atom stereocenters. The fourth-order valence-corrected chi connectivity index (χ4v) is 3.32. The lowest BCUT2D eigenvalue weighted by molar-refractivity contribution is 0.341. The van der Waals surface area contributed by atoms with Crippen LogP contribution in [0.4, 0.5) is 0 Å². The second-order valence-electron chi connectivity index (χ2n) is 6.02. The molecule has 2 aromatic rings. The molecule has 0 radical (unpaired) electrons. The minimum Gasteiger partial charge on any atom is -0.330 e. The van der Waals surface area contributed by atoms with E-state index in [9.17, 15) is 0 Å². The zero-order valence-corrected chi connectivity index (χ0v) is 13.7. The highest BCUT2D eigenvalue weighted by molar-refractivity contribution is 7.16. The maximum absolute atomic E-state index is 5.70. The van der Waals surface area contributed by atoms with Crippen molar-refractivity contribution in [2.75, 3.05) is 6.54 Å². The van der Waals surface area contributed by atoms with E-state index in [0.717, 1.165) is 41.6 Å². The Kier molecular flexibility index (Phi) is 5.10.